The molecule has 9 heteroatoms. The highest BCUT2D eigenvalue weighted by Gasteiger charge is 2.45. The van der Waals surface area contributed by atoms with Gasteiger partial charge in [0.15, 0.2) is 10.8 Å². The Balaban J connectivity index is 2.33. The molecule has 1 saturated heterocycles. The third-order valence-electron chi connectivity index (χ3n) is 3.71. The minimum Gasteiger partial charge on any atom is -0.381 e. The SMILES string of the molecule is CNC(=O)C1(C)CCN(S(=O)(=O)c2c(N)ncn2C)C1. The van der Waals surface area contributed by atoms with Crippen LogP contribution in [0.3, 0.4) is 0 Å². The van der Waals surface area contributed by atoms with E-state index in [0.717, 1.165) is 0 Å². The van der Waals surface area contributed by atoms with Gasteiger partial charge in [-0.05, 0) is 13.3 Å². The number of rotatable bonds is 3. The maximum absolute atomic E-state index is 12.6. The fourth-order valence-electron chi connectivity index (χ4n) is 2.48. The molecule has 0 spiro atoms. The molecule has 3 N–H and O–H groups in total. The van der Waals surface area contributed by atoms with Gasteiger partial charge in [-0.3, -0.25) is 4.79 Å². The van der Waals surface area contributed by atoms with Crippen LogP contribution in [0.4, 0.5) is 5.82 Å². The van der Waals surface area contributed by atoms with Crippen LogP contribution in [-0.4, -0.2) is 48.3 Å². The predicted molar refractivity (Wildman–Crippen MR) is 73.2 cm³/mol. The second-order valence-electron chi connectivity index (χ2n) is 5.27. The molecule has 2 rings (SSSR count). The van der Waals surface area contributed by atoms with E-state index in [1.54, 1.807) is 21.0 Å². The second kappa shape index (κ2) is 4.74. The summed E-state index contributed by atoms with van der Waals surface area (Å²) >= 11 is 0. The number of anilines is 1. The van der Waals surface area contributed by atoms with Gasteiger partial charge >= 0.3 is 0 Å². The number of aromatic nitrogens is 2. The molecule has 1 aromatic rings. The number of nitrogens with one attached hydrogen (secondary N) is 1. The molecule has 1 amide bonds. The van der Waals surface area contributed by atoms with Crippen LogP contribution in [0.15, 0.2) is 11.4 Å². The summed E-state index contributed by atoms with van der Waals surface area (Å²) in [4.78, 5) is 15.7. The maximum Gasteiger partial charge on any atom is 0.262 e. The number of nitrogens with two attached hydrogens (primary N) is 1. The number of hydrogen-bond acceptors (Lipinski definition) is 5. The third kappa shape index (κ3) is 2.16. The summed E-state index contributed by atoms with van der Waals surface area (Å²) in [6.07, 6.45) is 1.83. The summed E-state index contributed by atoms with van der Waals surface area (Å²) in [6, 6.07) is 0. The Kier molecular flexibility index (Phi) is 3.51. The van der Waals surface area contributed by atoms with E-state index in [1.807, 2.05) is 0 Å². The summed E-state index contributed by atoms with van der Waals surface area (Å²) in [5.74, 6) is -0.186. The predicted octanol–water partition coefficient (Wildman–Crippen LogP) is -0.851. The van der Waals surface area contributed by atoms with Crippen molar-refractivity contribution in [3.05, 3.63) is 6.33 Å². The molecule has 1 aliphatic rings. The monoisotopic (exact) mass is 301 g/mol. The molecule has 0 aromatic carbocycles. The topological polar surface area (TPSA) is 110 Å². The van der Waals surface area contributed by atoms with E-state index in [1.165, 1.54) is 15.2 Å². The first-order chi connectivity index (χ1) is 9.22. The van der Waals surface area contributed by atoms with Crippen LogP contribution >= 0.6 is 0 Å². The van der Waals surface area contributed by atoms with Gasteiger partial charge in [-0.2, -0.15) is 4.31 Å². The number of amides is 1. The van der Waals surface area contributed by atoms with E-state index in [2.05, 4.69) is 10.3 Å². The van der Waals surface area contributed by atoms with Crippen LogP contribution in [0.1, 0.15) is 13.3 Å². The van der Waals surface area contributed by atoms with E-state index in [-0.39, 0.29) is 29.8 Å². The van der Waals surface area contributed by atoms with Crippen LogP contribution in [0, 0.1) is 5.41 Å². The number of nitrogen functional groups attached to an aromatic ring is 1. The maximum atomic E-state index is 12.6. The lowest BCUT2D eigenvalue weighted by molar-refractivity contribution is -0.128. The number of hydrogen-bond donors (Lipinski definition) is 2. The Morgan fingerprint density at radius 1 is 1.55 bits per heavy atom. The molecule has 2 heterocycles. The van der Waals surface area contributed by atoms with Crippen molar-refractivity contribution in [1.82, 2.24) is 19.2 Å². The first-order valence-electron chi connectivity index (χ1n) is 6.21. The van der Waals surface area contributed by atoms with Gasteiger partial charge in [0.05, 0.1) is 11.7 Å². The fraction of sp³-hybridized carbons (Fsp3) is 0.636. The standard InChI is InChI=1S/C11H19N5O3S/c1-11(10(17)13-2)4-5-16(6-11)20(18,19)9-8(12)14-7-15(9)3/h7H,4-6,12H2,1-3H3,(H,13,17). The van der Waals surface area contributed by atoms with Crippen molar-refractivity contribution >= 4 is 21.7 Å². The summed E-state index contributed by atoms with van der Waals surface area (Å²) in [5, 5.41) is 2.55. The second-order valence-corrected chi connectivity index (χ2v) is 7.13. The van der Waals surface area contributed by atoms with Gasteiger partial charge in [-0.15, -0.1) is 0 Å². The zero-order valence-corrected chi connectivity index (χ0v) is 12.6. The first-order valence-corrected chi connectivity index (χ1v) is 7.65. The lowest BCUT2D eigenvalue weighted by Crippen LogP contribution is -2.40. The van der Waals surface area contributed by atoms with Crippen molar-refractivity contribution in [1.29, 1.82) is 0 Å². The summed E-state index contributed by atoms with van der Waals surface area (Å²) in [7, 11) is -0.622. The van der Waals surface area contributed by atoms with Gasteiger partial charge in [0, 0.05) is 27.2 Å². The average Bonchev–Trinajstić information content (AvgIpc) is 2.94. The zero-order valence-electron chi connectivity index (χ0n) is 11.8. The normalized spacial score (nSPS) is 23.9. The number of nitrogens with zero attached hydrogens (tertiary/aromatic N) is 3. The number of sulfonamides is 1. The van der Waals surface area contributed by atoms with Gasteiger partial charge in [0.1, 0.15) is 0 Å². The van der Waals surface area contributed by atoms with Crippen molar-refractivity contribution in [2.75, 3.05) is 25.9 Å². The van der Waals surface area contributed by atoms with Gasteiger partial charge in [-0.25, -0.2) is 13.4 Å². The number of aryl methyl sites for hydroxylation is 1. The van der Waals surface area contributed by atoms with Gasteiger partial charge < -0.3 is 15.6 Å². The zero-order chi connectivity index (χ0) is 15.1. The lowest BCUT2D eigenvalue weighted by Gasteiger charge is -2.22. The molecule has 0 bridgehead atoms. The molecular formula is C11H19N5O3S. The highest BCUT2D eigenvalue weighted by Crippen LogP contribution is 2.34. The highest BCUT2D eigenvalue weighted by molar-refractivity contribution is 7.89. The van der Waals surface area contributed by atoms with Crippen LogP contribution in [0.2, 0.25) is 0 Å². The number of carbonyl (C=O) groups excluding carboxylic acids is 1. The van der Waals surface area contributed by atoms with Crippen molar-refractivity contribution in [2.45, 2.75) is 18.4 Å². The highest BCUT2D eigenvalue weighted by atomic mass is 32.2. The third-order valence-corrected chi connectivity index (χ3v) is 5.68. The largest absolute Gasteiger partial charge is 0.381 e. The molecule has 0 radical (unpaired) electrons. The molecule has 1 unspecified atom stereocenters. The van der Waals surface area contributed by atoms with Crippen LogP contribution in [0.5, 0.6) is 0 Å². The molecule has 1 fully saturated rings. The molecule has 112 valence electrons. The van der Waals surface area contributed by atoms with Crippen molar-refractivity contribution in [2.24, 2.45) is 12.5 Å². The van der Waals surface area contributed by atoms with Crippen LogP contribution < -0.4 is 11.1 Å². The fourth-order valence-corrected chi connectivity index (χ4v) is 4.24. The van der Waals surface area contributed by atoms with E-state index in [0.29, 0.717) is 6.42 Å². The van der Waals surface area contributed by atoms with E-state index >= 15 is 0 Å². The van der Waals surface area contributed by atoms with Crippen molar-refractivity contribution in [3.8, 4) is 0 Å². The molecule has 0 saturated carbocycles. The summed E-state index contributed by atoms with van der Waals surface area (Å²) in [6.45, 7) is 2.18. The molecule has 8 nitrogen and oxygen atoms in total. The molecule has 1 aromatic heterocycles. The van der Waals surface area contributed by atoms with Crippen molar-refractivity contribution in [3.63, 3.8) is 0 Å². The molecule has 1 aliphatic heterocycles. The molecule has 20 heavy (non-hydrogen) atoms. The van der Waals surface area contributed by atoms with E-state index in [4.69, 9.17) is 5.73 Å². The lowest BCUT2D eigenvalue weighted by atomic mass is 9.89. The minimum atomic E-state index is -3.74. The van der Waals surface area contributed by atoms with Gasteiger partial charge in [0.25, 0.3) is 10.0 Å². The number of carbonyl (C=O) groups is 1. The summed E-state index contributed by atoms with van der Waals surface area (Å²) in [5.41, 5.74) is 4.92. The Morgan fingerprint density at radius 3 is 2.70 bits per heavy atom. The molecular weight excluding hydrogens is 282 g/mol. The van der Waals surface area contributed by atoms with Gasteiger partial charge in [-0.1, -0.05) is 0 Å². The number of imidazole rings is 1. The van der Waals surface area contributed by atoms with Crippen LogP contribution in [-0.2, 0) is 21.9 Å². The van der Waals surface area contributed by atoms with Crippen LogP contribution in [0.25, 0.3) is 0 Å². The van der Waals surface area contributed by atoms with Gasteiger partial charge in [0.2, 0.25) is 5.91 Å². The molecule has 1 atom stereocenters. The minimum absolute atomic E-state index is 0.0268. The smallest absolute Gasteiger partial charge is 0.262 e. The Hall–Kier alpha value is -1.61. The Morgan fingerprint density at radius 2 is 2.20 bits per heavy atom. The first kappa shape index (κ1) is 14.8. The summed E-state index contributed by atoms with van der Waals surface area (Å²) < 4.78 is 27.8. The molecule has 0 aliphatic carbocycles. The van der Waals surface area contributed by atoms with E-state index < -0.39 is 15.4 Å². The average molecular weight is 301 g/mol. The van der Waals surface area contributed by atoms with E-state index in [9.17, 15) is 13.2 Å². The van der Waals surface area contributed by atoms with Crippen molar-refractivity contribution < 1.29 is 13.2 Å². The Labute approximate surface area is 118 Å². The Bertz CT molecular complexity index is 619. The quantitative estimate of drug-likeness (QED) is 0.755.